The van der Waals surface area contributed by atoms with Crippen molar-refractivity contribution >= 4 is 27.5 Å². The zero-order chi connectivity index (χ0) is 14.8. The number of nitrogens with zero attached hydrogens (tertiary/aromatic N) is 1. The van der Waals surface area contributed by atoms with Crippen LogP contribution in [0.15, 0.2) is 23.1 Å². The lowest BCUT2D eigenvalue weighted by Gasteiger charge is -2.20. The number of carbonyl (C=O) groups excluding carboxylic acids is 1. The number of amides is 1. The van der Waals surface area contributed by atoms with Crippen molar-refractivity contribution in [2.45, 2.75) is 30.6 Å². The minimum absolute atomic E-state index is 0.0277. The fraction of sp³-hybridized carbons (Fsp3) is 0.462. The van der Waals surface area contributed by atoms with Crippen LogP contribution in [0.3, 0.4) is 0 Å². The molecule has 1 aliphatic rings. The van der Waals surface area contributed by atoms with Gasteiger partial charge in [-0.2, -0.15) is 0 Å². The van der Waals surface area contributed by atoms with Gasteiger partial charge < -0.3 is 4.90 Å². The number of halogens is 1. The van der Waals surface area contributed by atoms with E-state index in [0.717, 1.165) is 25.7 Å². The standard InChI is InChI=1S/C13H17ClN2O3S/c14-11-6-5-10(9-12(11)20(15,18)19)13(17)16-7-3-1-2-4-8-16/h5-6,9H,1-4,7-8H2,(H2,15,18,19). The van der Waals surface area contributed by atoms with Crippen molar-refractivity contribution in [3.63, 3.8) is 0 Å². The molecular formula is C13H17ClN2O3S. The van der Waals surface area contributed by atoms with Crippen LogP contribution in [0.1, 0.15) is 36.0 Å². The molecule has 1 fully saturated rings. The maximum Gasteiger partial charge on any atom is 0.253 e. The lowest BCUT2D eigenvalue weighted by Crippen LogP contribution is -2.32. The van der Waals surface area contributed by atoms with Crippen LogP contribution in [0.25, 0.3) is 0 Å². The first kappa shape index (κ1) is 15.3. The maximum atomic E-state index is 12.4. The quantitative estimate of drug-likeness (QED) is 0.906. The van der Waals surface area contributed by atoms with Gasteiger partial charge in [-0.3, -0.25) is 4.79 Å². The number of sulfonamides is 1. The zero-order valence-electron chi connectivity index (χ0n) is 11.0. The molecule has 1 aromatic rings. The smallest absolute Gasteiger partial charge is 0.253 e. The Balaban J connectivity index is 2.30. The van der Waals surface area contributed by atoms with Crippen LogP contribution >= 0.6 is 11.6 Å². The number of hydrogen-bond donors (Lipinski definition) is 1. The summed E-state index contributed by atoms with van der Waals surface area (Å²) in [4.78, 5) is 13.9. The highest BCUT2D eigenvalue weighted by molar-refractivity contribution is 7.89. The second-order valence-electron chi connectivity index (χ2n) is 4.90. The van der Waals surface area contributed by atoms with Gasteiger partial charge in [0, 0.05) is 18.7 Å². The monoisotopic (exact) mass is 316 g/mol. The van der Waals surface area contributed by atoms with E-state index in [2.05, 4.69) is 0 Å². The van der Waals surface area contributed by atoms with Gasteiger partial charge in [0.15, 0.2) is 0 Å². The molecule has 0 aliphatic carbocycles. The molecule has 0 atom stereocenters. The summed E-state index contributed by atoms with van der Waals surface area (Å²) in [5, 5.41) is 5.12. The van der Waals surface area contributed by atoms with E-state index in [0.29, 0.717) is 18.7 Å². The minimum atomic E-state index is -3.93. The summed E-state index contributed by atoms with van der Waals surface area (Å²) in [5.41, 5.74) is 0.306. The molecule has 0 spiro atoms. The summed E-state index contributed by atoms with van der Waals surface area (Å²) in [6.45, 7) is 1.40. The molecule has 1 heterocycles. The molecular weight excluding hydrogens is 300 g/mol. The molecule has 2 N–H and O–H groups in total. The van der Waals surface area contributed by atoms with E-state index in [1.807, 2.05) is 0 Å². The SMILES string of the molecule is NS(=O)(=O)c1cc(C(=O)N2CCCCCC2)ccc1Cl. The lowest BCUT2D eigenvalue weighted by atomic mass is 10.2. The van der Waals surface area contributed by atoms with Crippen molar-refractivity contribution in [1.29, 1.82) is 0 Å². The molecule has 20 heavy (non-hydrogen) atoms. The topological polar surface area (TPSA) is 80.5 Å². The predicted molar refractivity (Wildman–Crippen MR) is 77.2 cm³/mol. The van der Waals surface area contributed by atoms with Crippen molar-refractivity contribution in [1.82, 2.24) is 4.90 Å². The number of benzene rings is 1. The van der Waals surface area contributed by atoms with E-state index in [1.165, 1.54) is 18.2 Å². The van der Waals surface area contributed by atoms with Gasteiger partial charge in [0.05, 0.1) is 5.02 Å². The van der Waals surface area contributed by atoms with E-state index in [1.54, 1.807) is 4.90 Å². The van der Waals surface area contributed by atoms with E-state index in [4.69, 9.17) is 16.7 Å². The summed E-state index contributed by atoms with van der Waals surface area (Å²) in [6.07, 6.45) is 4.18. The maximum absolute atomic E-state index is 12.4. The van der Waals surface area contributed by atoms with Crippen molar-refractivity contribution in [3.05, 3.63) is 28.8 Å². The first-order chi connectivity index (χ1) is 9.39. The first-order valence-corrected chi connectivity index (χ1v) is 8.43. The molecule has 0 unspecified atom stereocenters. The summed E-state index contributed by atoms with van der Waals surface area (Å²) in [5.74, 6) is -0.173. The molecule has 0 bridgehead atoms. The van der Waals surface area contributed by atoms with Crippen LogP contribution in [-0.4, -0.2) is 32.3 Å². The highest BCUT2D eigenvalue weighted by Gasteiger charge is 2.20. The Hall–Kier alpha value is -1.11. The van der Waals surface area contributed by atoms with Crippen molar-refractivity contribution in [2.24, 2.45) is 5.14 Å². The van der Waals surface area contributed by atoms with Gasteiger partial charge in [0.2, 0.25) is 10.0 Å². The average Bonchev–Trinajstić information content (AvgIpc) is 2.66. The largest absolute Gasteiger partial charge is 0.339 e. The van der Waals surface area contributed by atoms with Crippen LogP contribution in [0.2, 0.25) is 5.02 Å². The second-order valence-corrected chi connectivity index (χ2v) is 6.83. The number of primary sulfonamides is 1. The Bertz CT molecular complexity index is 608. The number of carbonyl (C=O) groups is 1. The van der Waals surface area contributed by atoms with E-state index in [9.17, 15) is 13.2 Å². The Morgan fingerprint density at radius 2 is 1.75 bits per heavy atom. The van der Waals surface area contributed by atoms with Gasteiger partial charge in [-0.25, -0.2) is 13.6 Å². The fourth-order valence-electron chi connectivity index (χ4n) is 2.31. The van der Waals surface area contributed by atoms with Crippen molar-refractivity contribution < 1.29 is 13.2 Å². The third-order valence-corrected chi connectivity index (χ3v) is 4.77. The third kappa shape index (κ3) is 3.50. The zero-order valence-corrected chi connectivity index (χ0v) is 12.6. The van der Waals surface area contributed by atoms with Gasteiger partial charge in [-0.15, -0.1) is 0 Å². The predicted octanol–water partition coefficient (Wildman–Crippen LogP) is 2.00. The third-order valence-electron chi connectivity index (χ3n) is 3.38. The van der Waals surface area contributed by atoms with Gasteiger partial charge in [0.25, 0.3) is 5.91 Å². The van der Waals surface area contributed by atoms with Gasteiger partial charge in [0.1, 0.15) is 4.90 Å². The summed E-state index contributed by atoms with van der Waals surface area (Å²) >= 11 is 5.81. The number of nitrogens with two attached hydrogens (primary N) is 1. The van der Waals surface area contributed by atoms with Gasteiger partial charge in [-0.1, -0.05) is 24.4 Å². The van der Waals surface area contributed by atoms with Gasteiger partial charge in [-0.05, 0) is 31.0 Å². The van der Waals surface area contributed by atoms with Crippen LogP contribution in [0, 0.1) is 0 Å². The molecule has 5 nitrogen and oxygen atoms in total. The number of likely N-dealkylation sites (tertiary alicyclic amines) is 1. The highest BCUT2D eigenvalue weighted by Crippen LogP contribution is 2.23. The molecule has 0 aromatic heterocycles. The molecule has 110 valence electrons. The molecule has 1 aromatic carbocycles. The Morgan fingerprint density at radius 3 is 2.30 bits per heavy atom. The molecule has 0 saturated carbocycles. The van der Waals surface area contributed by atoms with Crippen molar-refractivity contribution in [3.8, 4) is 0 Å². The summed E-state index contributed by atoms with van der Waals surface area (Å²) < 4.78 is 22.9. The van der Waals surface area contributed by atoms with E-state index >= 15 is 0 Å². The summed E-state index contributed by atoms with van der Waals surface area (Å²) in [7, 11) is -3.93. The normalized spacial score (nSPS) is 16.8. The Kier molecular flexibility index (Phi) is 4.67. The van der Waals surface area contributed by atoms with E-state index < -0.39 is 10.0 Å². The number of hydrogen-bond acceptors (Lipinski definition) is 3. The van der Waals surface area contributed by atoms with Gasteiger partial charge >= 0.3 is 0 Å². The summed E-state index contributed by atoms with van der Waals surface area (Å²) in [6, 6.07) is 4.18. The molecule has 1 saturated heterocycles. The Labute approximate surface area is 123 Å². The van der Waals surface area contributed by atoms with Crippen LogP contribution in [0.4, 0.5) is 0 Å². The molecule has 1 aliphatic heterocycles. The Morgan fingerprint density at radius 1 is 1.15 bits per heavy atom. The fourth-order valence-corrected chi connectivity index (χ4v) is 3.38. The second kappa shape index (κ2) is 6.11. The lowest BCUT2D eigenvalue weighted by molar-refractivity contribution is 0.0761. The average molecular weight is 317 g/mol. The van der Waals surface area contributed by atoms with E-state index in [-0.39, 0.29) is 15.8 Å². The van der Waals surface area contributed by atoms with Crippen molar-refractivity contribution in [2.75, 3.05) is 13.1 Å². The molecule has 1 amide bonds. The molecule has 0 radical (unpaired) electrons. The van der Waals surface area contributed by atoms with Crippen LogP contribution in [-0.2, 0) is 10.0 Å². The molecule has 2 rings (SSSR count). The first-order valence-electron chi connectivity index (χ1n) is 6.51. The van der Waals surface area contributed by atoms with Crippen LogP contribution < -0.4 is 5.14 Å². The van der Waals surface area contributed by atoms with Crippen LogP contribution in [0.5, 0.6) is 0 Å². The number of rotatable bonds is 2. The molecule has 7 heteroatoms. The minimum Gasteiger partial charge on any atom is -0.339 e. The highest BCUT2D eigenvalue weighted by atomic mass is 35.5.